The molecule has 0 unspecified atom stereocenters. The van der Waals surface area contributed by atoms with Crippen LogP contribution in [-0.4, -0.2) is 31.7 Å². The summed E-state index contributed by atoms with van der Waals surface area (Å²) in [6.45, 7) is 1.88. The fourth-order valence-corrected chi connectivity index (χ4v) is 3.02. The van der Waals surface area contributed by atoms with E-state index in [1.165, 1.54) is 24.3 Å². The molecule has 0 bridgehead atoms. The Morgan fingerprint density at radius 3 is 2.24 bits per heavy atom. The average Bonchev–Trinajstić information content (AvgIpc) is 2.80. The van der Waals surface area contributed by atoms with Crippen molar-refractivity contribution in [3.63, 3.8) is 0 Å². The zero-order chi connectivity index (χ0) is 23.6. The second-order valence-corrected chi connectivity index (χ2v) is 6.88. The van der Waals surface area contributed by atoms with Crippen LogP contribution in [0.2, 0.25) is 0 Å². The summed E-state index contributed by atoms with van der Waals surface area (Å²) in [6.07, 6.45) is -0.653. The number of nitrogens with one attached hydrogen (secondary N) is 2. The first-order valence-corrected chi connectivity index (χ1v) is 10.3. The van der Waals surface area contributed by atoms with Crippen molar-refractivity contribution in [2.75, 3.05) is 24.4 Å². The molecule has 0 aromatic heterocycles. The van der Waals surface area contributed by atoms with Crippen LogP contribution in [0.15, 0.2) is 72.8 Å². The molecular weight excluding hydrogens is 424 g/mol. The van der Waals surface area contributed by atoms with Gasteiger partial charge in [-0.2, -0.15) is 0 Å². The molecule has 33 heavy (non-hydrogen) atoms. The Labute approximate surface area is 191 Å². The monoisotopic (exact) mass is 448 g/mol. The molecular formula is C25H24N2O6. The molecule has 0 saturated carbocycles. The van der Waals surface area contributed by atoms with E-state index in [1.54, 1.807) is 44.4 Å². The number of benzene rings is 3. The van der Waals surface area contributed by atoms with E-state index < -0.39 is 6.16 Å². The Hall–Kier alpha value is -4.33. The van der Waals surface area contributed by atoms with Crippen LogP contribution < -0.4 is 20.1 Å². The molecule has 0 spiro atoms. The summed E-state index contributed by atoms with van der Waals surface area (Å²) in [7, 11) is 1.56. The van der Waals surface area contributed by atoms with Crippen molar-refractivity contribution in [3.05, 3.63) is 83.9 Å². The van der Waals surface area contributed by atoms with E-state index in [9.17, 15) is 14.4 Å². The molecule has 0 saturated heterocycles. The summed E-state index contributed by atoms with van der Waals surface area (Å²) in [5.41, 5.74) is 2.21. The van der Waals surface area contributed by atoms with E-state index in [0.29, 0.717) is 22.7 Å². The molecule has 2 N–H and O–H groups in total. The third kappa shape index (κ3) is 6.83. The lowest BCUT2D eigenvalue weighted by molar-refractivity contribution is -0.115. The summed E-state index contributed by atoms with van der Waals surface area (Å²) in [6, 6.07) is 20.2. The van der Waals surface area contributed by atoms with E-state index in [-0.39, 0.29) is 30.6 Å². The van der Waals surface area contributed by atoms with Gasteiger partial charge in [-0.25, -0.2) is 4.79 Å². The molecule has 170 valence electrons. The lowest BCUT2D eigenvalue weighted by atomic mass is 10.1. The summed E-state index contributed by atoms with van der Waals surface area (Å²) in [5, 5.41) is 5.60. The van der Waals surface area contributed by atoms with Gasteiger partial charge in [0.15, 0.2) is 0 Å². The number of para-hydroxylation sites is 1. The van der Waals surface area contributed by atoms with Gasteiger partial charge in [0, 0.05) is 22.5 Å². The minimum absolute atomic E-state index is 0.154. The van der Waals surface area contributed by atoms with Gasteiger partial charge < -0.3 is 24.8 Å². The molecule has 0 radical (unpaired) electrons. The van der Waals surface area contributed by atoms with Gasteiger partial charge in [0.05, 0.1) is 20.1 Å². The van der Waals surface area contributed by atoms with Crippen molar-refractivity contribution in [3.8, 4) is 11.5 Å². The van der Waals surface area contributed by atoms with Crippen LogP contribution in [0.4, 0.5) is 16.2 Å². The summed E-state index contributed by atoms with van der Waals surface area (Å²) < 4.78 is 15.0. The van der Waals surface area contributed by atoms with Crippen LogP contribution in [0, 0.1) is 0 Å². The zero-order valence-corrected chi connectivity index (χ0v) is 18.3. The second-order valence-electron chi connectivity index (χ2n) is 6.88. The lowest BCUT2D eigenvalue weighted by Gasteiger charge is -2.11. The minimum Gasteiger partial charge on any atom is -0.496 e. The van der Waals surface area contributed by atoms with Gasteiger partial charge in [0.25, 0.3) is 5.91 Å². The molecule has 0 aliphatic heterocycles. The van der Waals surface area contributed by atoms with Crippen molar-refractivity contribution in [1.29, 1.82) is 0 Å². The highest BCUT2D eigenvalue weighted by molar-refractivity contribution is 6.04. The van der Waals surface area contributed by atoms with E-state index in [1.807, 2.05) is 18.2 Å². The largest absolute Gasteiger partial charge is 0.513 e. The number of amides is 2. The highest BCUT2D eigenvalue weighted by atomic mass is 16.7. The van der Waals surface area contributed by atoms with E-state index in [2.05, 4.69) is 10.6 Å². The maximum absolute atomic E-state index is 12.6. The Morgan fingerprint density at radius 1 is 0.848 bits per heavy atom. The lowest BCUT2D eigenvalue weighted by Crippen LogP contribution is -2.16. The zero-order valence-electron chi connectivity index (χ0n) is 18.3. The first kappa shape index (κ1) is 23.3. The summed E-state index contributed by atoms with van der Waals surface area (Å²) >= 11 is 0. The van der Waals surface area contributed by atoms with Crippen LogP contribution in [0.1, 0.15) is 22.8 Å². The molecule has 0 fully saturated rings. The average molecular weight is 448 g/mol. The van der Waals surface area contributed by atoms with Crippen molar-refractivity contribution in [2.45, 2.75) is 13.3 Å². The predicted molar refractivity (Wildman–Crippen MR) is 124 cm³/mol. The third-order valence-electron chi connectivity index (χ3n) is 4.53. The van der Waals surface area contributed by atoms with Crippen LogP contribution >= 0.6 is 0 Å². The molecule has 0 aliphatic carbocycles. The van der Waals surface area contributed by atoms with Crippen molar-refractivity contribution in [2.24, 2.45) is 0 Å². The van der Waals surface area contributed by atoms with E-state index in [4.69, 9.17) is 14.2 Å². The standard InChI is InChI=1S/C25H24N2O6/c1-3-32-25(30)33-21-13-11-17(12-14-21)24(29)27-20-9-6-8-19(16-20)26-23(28)15-18-7-4-5-10-22(18)31-2/h4-14,16H,3,15H2,1-2H3,(H,26,28)(H,27,29). The number of ether oxygens (including phenoxy) is 3. The predicted octanol–water partition coefficient (Wildman–Crippen LogP) is 4.66. The second kappa shape index (κ2) is 11.3. The number of hydrogen-bond acceptors (Lipinski definition) is 6. The first-order valence-electron chi connectivity index (χ1n) is 10.3. The summed E-state index contributed by atoms with van der Waals surface area (Å²) in [4.78, 5) is 36.4. The van der Waals surface area contributed by atoms with Crippen molar-refractivity contribution < 1.29 is 28.6 Å². The van der Waals surface area contributed by atoms with Crippen LogP contribution in [0.25, 0.3) is 0 Å². The van der Waals surface area contributed by atoms with Crippen LogP contribution in [-0.2, 0) is 16.0 Å². The molecule has 0 atom stereocenters. The molecule has 8 nitrogen and oxygen atoms in total. The number of rotatable bonds is 8. The maximum Gasteiger partial charge on any atom is 0.513 e. The normalized spacial score (nSPS) is 10.1. The van der Waals surface area contributed by atoms with Crippen molar-refractivity contribution in [1.82, 2.24) is 0 Å². The van der Waals surface area contributed by atoms with Gasteiger partial charge in [-0.1, -0.05) is 24.3 Å². The van der Waals surface area contributed by atoms with Crippen molar-refractivity contribution >= 4 is 29.3 Å². The fourth-order valence-electron chi connectivity index (χ4n) is 3.02. The Bertz CT molecular complexity index is 1130. The van der Waals surface area contributed by atoms with Gasteiger partial charge in [0.2, 0.25) is 5.91 Å². The number of anilines is 2. The molecule has 3 rings (SSSR count). The first-order chi connectivity index (χ1) is 16.0. The Morgan fingerprint density at radius 2 is 1.55 bits per heavy atom. The molecule has 3 aromatic rings. The van der Waals surface area contributed by atoms with Gasteiger partial charge in [-0.05, 0) is 55.5 Å². The number of carbonyl (C=O) groups is 3. The van der Waals surface area contributed by atoms with Gasteiger partial charge in [-0.3, -0.25) is 9.59 Å². The highest BCUT2D eigenvalue weighted by Crippen LogP contribution is 2.20. The molecule has 2 amide bonds. The SMILES string of the molecule is CCOC(=O)Oc1ccc(C(=O)Nc2cccc(NC(=O)Cc3ccccc3OC)c2)cc1. The third-order valence-corrected chi connectivity index (χ3v) is 4.53. The Balaban J connectivity index is 1.59. The molecule has 3 aromatic carbocycles. The number of hydrogen-bond donors (Lipinski definition) is 2. The summed E-state index contributed by atoms with van der Waals surface area (Å²) in [5.74, 6) is 0.354. The maximum atomic E-state index is 12.6. The minimum atomic E-state index is -0.806. The quantitative estimate of drug-likeness (QED) is 0.384. The number of methoxy groups -OCH3 is 1. The fraction of sp³-hybridized carbons (Fsp3) is 0.160. The van der Waals surface area contributed by atoms with Gasteiger partial charge in [0.1, 0.15) is 11.5 Å². The van der Waals surface area contributed by atoms with E-state index in [0.717, 1.165) is 5.56 Å². The van der Waals surface area contributed by atoms with E-state index >= 15 is 0 Å². The molecule has 8 heteroatoms. The van der Waals surface area contributed by atoms with Gasteiger partial charge >= 0.3 is 6.16 Å². The Kier molecular flexibility index (Phi) is 8.02. The van der Waals surface area contributed by atoms with Gasteiger partial charge in [-0.15, -0.1) is 0 Å². The molecule has 0 heterocycles. The molecule has 0 aliphatic rings. The topological polar surface area (TPSA) is 103 Å². The van der Waals surface area contributed by atoms with Crippen LogP contribution in [0.3, 0.4) is 0 Å². The number of carbonyl (C=O) groups excluding carboxylic acids is 3. The highest BCUT2D eigenvalue weighted by Gasteiger charge is 2.11. The van der Waals surface area contributed by atoms with Crippen LogP contribution in [0.5, 0.6) is 11.5 Å². The smallest absolute Gasteiger partial charge is 0.496 e.